The van der Waals surface area contributed by atoms with Crippen LogP contribution in [-0.2, 0) is 4.79 Å². The Balaban J connectivity index is 1.33. The van der Waals surface area contributed by atoms with E-state index in [-0.39, 0.29) is 11.8 Å². The van der Waals surface area contributed by atoms with E-state index in [1.165, 1.54) is 0 Å². The molecule has 2 fully saturated rings. The first-order valence-corrected chi connectivity index (χ1v) is 10.2. The van der Waals surface area contributed by atoms with Gasteiger partial charge in [0, 0.05) is 56.6 Å². The van der Waals surface area contributed by atoms with E-state index < -0.39 is 0 Å². The van der Waals surface area contributed by atoms with Crippen molar-refractivity contribution in [3.8, 4) is 17.1 Å². The molecule has 2 aromatic rings. The molecule has 152 valence electrons. The number of piperidine rings is 1. The molecular weight excluding hydrogens is 368 g/mol. The highest BCUT2D eigenvalue weighted by Gasteiger charge is 2.28. The molecule has 0 atom stereocenters. The molecule has 2 aliphatic heterocycles. The number of likely N-dealkylation sites (tertiary alicyclic amines) is 2. The highest BCUT2D eigenvalue weighted by atomic mass is 16.5. The Hall–Kier alpha value is -2.96. The van der Waals surface area contributed by atoms with Gasteiger partial charge in [0.2, 0.25) is 11.8 Å². The van der Waals surface area contributed by atoms with Crippen LogP contribution in [-0.4, -0.2) is 64.9 Å². The first-order chi connectivity index (χ1) is 14.1. The Morgan fingerprint density at radius 1 is 1.10 bits per heavy atom. The molecule has 7 heteroatoms. The first-order valence-electron chi connectivity index (χ1n) is 10.2. The fourth-order valence-corrected chi connectivity index (χ4v) is 4.05. The van der Waals surface area contributed by atoms with Crippen molar-refractivity contribution in [3.05, 3.63) is 42.2 Å². The summed E-state index contributed by atoms with van der Waals surface area (Å²) in [7, 11) is 1.58. The second-order valence-corrected chi connectivity index (χ2v) is 7.70. The lowest BCUT2D eigenvalue weighted by Crippen LogP contribution is -2.41. The highest BCUT2D eigenvalue weighted by molar-refractivity contribution is 5.94. The SMILES string of the molecule is COc1ccc(-c2ccc(C(=O)N3CCC(CN4CCCC4=O)CC3)cn2)cn1. The number of nitrogens with zero attached hydrogens (tertiary/aromatic N) is 4. The van der Waals surface area contributed by atoms with E-state index in [1.807, 2.05) is 28.0 Å². The van der Waals surface area contributed by atoms with Gasteiger partial charge in [-0.1, -0.05) is 0 Å². The van der Waals surface area contributed by atoms with Crippen molar-refractivity contribution in [2.75, 3.05) is 33.3 Å². The van der Waals surface area contributed by atoms with Gasteiger partial charge in [-0.15, -0.1) is 0 Å². The average Bonchev–Trinajstić information content (AvgIpc) is 3.18. The quantitative estimate of drug-likeness (QED) is 0.779. The van der Waals surface area contributed by atoms with Gasteiger partial charge in [0.1, 0.15) is 0 Å². The Bertz CT molecular complexity index is 859. The zero-order valence-electron chi connectivity index (χ0n) is 16.7. The molecule has 29 heavy (non-hydrogen) atoms. The van der Waals surface area contributed by atoms with Crippen LogP contribution in [0.1, 0.15) is 36.0 Å². The van der Waals surface area contributed by atoms with E-state index in [2.05, 4.69) is 9.97 Å². The molecule has 2 aliphatic rings. The number of carbonyl (C=O) groups excluding carboxylic acids is 2. The van der Waals surface area contributed by atoms with E-state index >= 15 is 0 Å². The first kappa shape index (κ1) is 19.4. The highest BCUT2D eigenvalue weighted by Crippen LogP contribution is 2.23. The predicted octanol–water partition coefficient (Wildman–Crippen LogP) is 2.63. The van der Waals surface area contributed by atoms with E-state index in [1.54, 1.807) is 25.6 Å². The van der Waals surface area contributed by atoms with Gasteiger partial charge >= 0.3 is 0 Å². The number of rotatable bonds is 5. The lowest BCUT2D eigenvalue weighted by atomic mass is 9.96. The van der Waals surface area contributed by atoms with E-state index in [4.69, 9.17) is 4.74 Å². The minimum Gasteiger partial charge on any atom is -0.481 e. The van der Waals surface area contributed by atoms with Crippen molar-refractivity contribution in [2.45, 2.75) is 25.7 Å². The Labute approximate surface area is 170 Å². The molecule has 0 bridgehead atoms. The summed E-state index contributed by atoms with van der Waals surface area (Å²) >= 11 is 0. The van der Waals surface area contributed by atoms with E-state index in [9.17, 15) is 9.59 Å². The van der Waals surface area contributed by atoms with Crippen LogP contribution in [0.5, 0.6) is 5.88 Å². The van der Waals surface area contributed by atoms with Gasteiger partial charge < -0.3 is 14.5 Å². The predicted molar refractivity (Wildman–Crippen MR) is 108 cm³/mol. The van der Waals surface area contributed by atoms with Gasteiger partial charge in [0.25, 0.3) is 5.91 Å². The van der Waals surface area contributed by atoms with Gasteiger partial charge in [0.05, 0.1) is 18.4 Å². The number of carbonyl (C=O) groups is 2. The van der Waals surface area contributed by atoms with Crippen molar-refractivity contribution >= 4 is 11.8 Å². The standard InChI is InChI=1S/C22H26N4O3/c1-29-20-7-5-17(13-24-20)19-6-4-18(14-23-19)22(28)25-11-8-16(9-12-25)15-26-10-2-3-21(26)27/h4-7,13-14,16H,2-3,8-12,15H2,1H3. The number of aromatic nitrogens is 2. The molecule has 4 rings (SSSR count). The summed E-state index contributed by atoms with van der Waals surface area (Å²) < 4.78 is 5.07. The smallest absolute Gasteiger partial charge is 0.255 e. The third-order valence-corrected chi connectivity index (χ3v) is 5.80. The Morgan fingerprint density at radius 3 is 2.52 bits per heavy atom. The largest absolute Gasteiger partial charge is 0.481 e. The summed E-state index contributed by atoms with van der Waals surface area (Å²) in [4.78, 5) is 37.2. The summed E-state index contributed by atoms with van der Waals surface area (Å²) in [6.45, 7) is 3.19. The minimum absolute atomic E-state index is 0.0209. The molecule has 0 aromatic carbocycles. The second kappa shape index (κ2) is 8.59. The number of pyridine rings is 2. The topological polar surface area (TPSA) is 75.6 Å². The number of hydrogen-bond acceptors (Lipinski definition) is 5. The van der Waals surface area contributed by atoms with Gasteiger partial charge in [-0.25, -0.2) is 4.98 Å². The van der Waals surface area contributed by atoms with Crippen LogP contribution >= 0.6 is 0 Å². The molecule has 7 nitrogen and oxygen atoms in total. The van der Waals surface area contributed by atoms with E-state index in [0.717, 1.165) is 56.7 Å². The van der Waals surface area contributed by atoms with Crippen LogP contribution in [0, 0.1) is 5.92 Å². The molecule has 0 spiro atoms. The zero-order valence-corrected chi connectivity index (χ0v) is 16.7. The van der Waals surface area contributed by atoms with Gasteiger partial charge in [-0.05, 0) is 43.4 Å². The number of methoxy groups -OCH3 is 1. The normalized spacial score (nSPS) is 17.6. The van der Waals surface area contributed by atoms with Crippen LogP contribution in [0.3, 0.4) is 0 Å². The molecule has 0 aliphatic carbocycles. The van der Waals surface area contributed by atoms with Crippen LogP contribution in [0.25, 0.3) is 11.3 Å². The van der Waals surface area contributed by atoms with Crippen LogP contribution < -0.4 is 4.74 Å². The Kier molecular flexibility index (Phi) is 5.74. The molecular formula is C22H26N4O3. The molecule has 0 N–H and O–H groups in total. The van der Waals surface area contributed by atoms with Gasteiger partial charge in [0.15, 0.2) is 0 Å². The van der Waals surface area contributed by atoms with E-state index in [0.29, 0.717) is 23.8 Å². The molecule has 4 heterocycles. The van der Waals surface area contributed by atoms with Crippen LogP contribution in [0.4, 0.5) is 0 Å². The second-order valence-electron chi connectivity index (χ2n) is 7.70. The monoisotopic (exact) mass is 394 g/mol. The van der Waals surface area contributed by atoms with Crippen LogP contribution in [0.15, 0.2) is 36.7 Å². The summed E-state index contributed by atoms with van der Waals surface area (Å²) in [5.41, 5.74) is 2.25. The molecule has 2 aromatic heterocycles. The van der Waals surface area contributed by atoms with Crippen molar-refractivity contribution in [3.63, 3.8) is 0 Å². The maximum absolute atomic E-state index is 12.8. The fourth-order valence-electron chi connectivity index (χ4n) is 4.05. The molecule has 0 unspecified atom stereocenters. The maximum Gasteiger partial charge on any atom is 0.255 e. The Morgan fingerprint density at radius 2 is 1.93 bits per heavy atom. The molecule has 2 saturated heterocycles. The summed E-state index contributed by atoms with van der Waals surface area (Å²) in [5.74, 6) is 1.34. The maximum atomic E-state index is 12.8. The van der Waals surface area contributed by atoms with Gasteiger partial charge in [-0.2, -0.15) is 0 Å². The summed E-state index contributed by atoms with van der Waals surface area (Å²) in [6.07, 6.45) is 6.89. The lowest BCUT2D eigenvalue weighted by Gasteiger charge is -2.34. The van der Waals surface area contributed by atoms with Gasteiger partial charge in [-0.3, -0.25) is 14.6 Å². The van der Waals surface area contributed by atoms with Crippen LogP contribution in [0.2, 0.25) is 0 Å². The third-order valence-electron chi connectivity index (χ3n) is 5.80. The fraction of sp³-hybridized carbons (Fsp3) is 0.455. The lowest BCUT2D eigenvalue weighted by molar-refractivity contribution is -0.128. The molecule has 2 amide bonds. The van der Waals surface area contributed by atoms with Crippen molar-refractivity contribution in [2.24, 2.45) is 5.92 Å². The van der Waals surface area contributed by atoms with Crippen molar-refractivity contribution < 1.29 is 14.3 Å². The average molecular weight is 394 g/mol. The molecule has 0 radical (unpaired) electrons. The number of amides is 2. The third kappa shape index (κ3) is 4.39. The summed E-state index contributed by atoms with van der Waals surface area (Å²) in [5, 5.41) is 0. The zero-order chi connectivity index (χ0) is 20.2. The minimum atomic E-state index is 0.0209. The number of ether oxygens (including phenoxy) is 1. The van der Waals surface area contributed by atoms with Crippen molar-refractivity contribution in [1.29, 1.82) is 0 Å². The summed E-state index contributed by atoms with van der Waals surface area (Å²) in [6, 6.07) is 7.35. The molecule has 0 saturated carbocycles. The van der Waals surface area contributed by atoms with Crippen molar-refractivity contribution in [1.82, 2.24) is 19.8 Å². The number of hydrogen-bond donors (Lipinski definition) is 0.